The van der Waals surface area contributed by atoms with E-state index in [0.717, 1.165) is 50.1 Å². The number of hydrogen-bond acceptors (Lipinski definition) is 21. The number of benzene rings is 6. The second-order valence-corrected chi connectivity index (χ2v) is 38.8. The number of ketones is 2. The predicted molar refractivity (Wildman–Crippen MR) is 467 cm³/mol. The number of nitrogens with zero attached hydrogens (tertiary/aromatic N) is 3. The van der Waals surface area contributed by atoms with Gasteiger partial charge in [-0.15, -0.1) is 0 Å². The highest BCUT2D eigenvalue weighted by Crippen LogP contribution is 2.43. The quantitative estimate of drug-likeness (QED) is 0.0193. The molecule has 3 aliphatic rings. The van der Waals surface area contributed by atoms with Crippen molar-refractivity contribution in [3.05, 3.63) is 189 Å². The molecule has 36 heteroatoms. The number of halogens is 6. The highest BCUT2D eigenvalue weighted by atomic mass is 35.5. The van der Waals surface area contributed by atoms with Crippen molar-refractivity contribution in [3.8, 4) is 0 Å². The summed E-state index contributed by atoms with van der Waals surface area (Å²) in [7, 11) is -5.50. The summed E-state index contributed by atoms with van der Waals surface area (Å²) in [6, 6.07) is 30.8. The highest BCUT2D eigenvalue weighted by Gasteiger charge is 2.35. The summed E-state index contributed by atoms with van der Waals surface area (Å²) in [5.74, 6) is -2.64. The van der Waals surface area contributed by atoms with Crippen LogP contribution in [0.2, 0.25) is 30.1 Å². The van der Waals surface area contributed by atoms with Gasteiger partial charge >= 0.3 is 12.0 Å². The van der Waals surface area contributed by atoms with E-state index >= 15 is 0 Å². The Hall–Kier alpha value is -6.02. The number of sulfone groups is 1. The van der Waals surface area contributed by atoms with Crippen LogP contribution >= 0.6 is 69.6 Å². The molecule has 121 heavy (non-hydrogen) atoms. The molecular formula is C85H110Cl6N8O19S3. The van der Waals surface area contributed by atoms with Crippen LogP contribution in [0.5, 0.6) is 0 Å². The molecule has 0 aromatic heterocycles. The van der Waals surface area contributed by atoms with Gasteiger partial charge < -0.3 is 68.9 Å². The first-order valence-electron chi connectivity index (χ1n) is 40.5. The van der Waals surface area contributed by atoms with Crippen molar-refractivity contribution in [2.45, 2.75) is 135 Å². The molecule has 6 aromatic rings. The molecule has 3 heterocycles. The molecule has 3 atom stereocenters. The molecule has 0 saturated heterocycles. The fraction of sp³-hybridized carbons (Fsp3) is 0.518. The second-order valence-electron chi connectivity index (χ2n) is 30.6. The third-order valence-corrected chi connectivity index (χ3v) is 27.5. The molecule has 0 unspecified atom stereocenters. The molecule has 0 bridgehead atoms. The van der Waals surface area contributed by atoms with E-state index in [9.17, 15) is 54.3 Å². The molecule has 664 valence electrons. The van der Waals surface area contributed by atoms with E-state index in [0.29, 0.717) is 95.1 Å². The largest absolute Gasteiger partial charge is 0.480 e. The molecule has 27 nitrogen and oxygen atoms in total. The van der Waals surface area contributed by atoms with Crippen molar-refractivity contribution in [1.29, 1.82) is 0 Å². The van der Waals surface area contributed by atoms with Gasteiger partial charge in [-0.1, -0.05) is 106 Å². The number of rotatable bonds is 54. The molecule has 6 N–H and O–H groups in total. The van der Waals surface area contributed by atoms with E-state index < -0.39 is 66.5 Å². The first kappa shape index (κ1) is 98.8. The number of carboxylic acid groups (broad SMARTS) is 1. The Balaban J connectivity index is 0.692. The number of hydrogen-bond donors (Lipinski definition) is 6. The number of aliphatic carboxylic acids is 1. The standard InChI is InChI=1S/C85H110Cl6N8O19S3/c1-97-51-73(70-45-62(86)48-79(89)76(70)54-97)59-12-4-19-67(42-59)119(106,107)41-11-31-114-37-38-115-32-26-93-84(105)92-25-24-85(96-82(102)57-118-58-83(103)104,22-7-15-65(100)17-9-29-112-35-39-116-33-27-94-120(108,109)68-20-5-13-60(43-68)74-52-98(2)55-77-71(74)46-63(87)49-80(77)90)23-8-16-66(101)18-10-30-113-36-40-117-34-28-95-121(110,111)69-21-6-14-61(44-69)75-53-99(3)56-78-72(75)47-64(88)50-81(78)91/h4-6,12-14,19-21,42-50,73-75,94-95H,7-11,15-18,22-41,51-58H2,1-3H3,(H,96,102)(H,103,104)(H2,92,93,105)/t73-,74-,75-/m0/s1. The van der Waals surface area contributed by atoms with Crippen LogP contribution in [0.4, 0.5) is 4.79 Å². The zero-order valence-corrected chi connectivity index (χ0v) is 75.4. The van der Waals surface area contributed by atoms with Crippen molar-refractivity contribution in [2.75, 3.05) is 165 Å². The third-order valence-electron chi connectivity index (χ3n) is 21.1. The number of carbonyl (C=O) groups excluding carboxylic acids is 4. The van der Waals surface area contributed by atoms with Crippen LogP contribution in [0.1, 0.15) is 145 Å². The summed E-state index contributed by atoms with van der Waals surface area (Å²) in [6.07, 6.45) is 2.80. The van der Waals surface area contributed by atoms with Crippen LogP contribution in [0.25, 0.3) is 0 Å². The van der Waals surface area contributed by atoms with Gasteiger partial charge in [0.15, 0.2) is 9.84 Å². The first-order chi connectivity index (χ1) is 57.9. The first-order valence-corrected chi connectivity index (χ1v) is 47.4. The number of nitrogens with one attached hydrogen (secondary N) is 5. The molecule has 6 aromatic carbocycles. The Morgan fingerprint density at radius 1 is 0.421 bits per heavy atom. The topological polar surface area (TPSA) is 342 Å². The van der Waals surface area contributed by atoms with Gasteiger partial charge in [0.1, 0.15) is 24.8 Å². The minimum Gasteiger partial charge on any atom is -0.480 e. The summed E-state index contributed by atoms with van der Waals surface area (Å²) in [5, 5.41) is 21.1. The van der Waals surface area contributed by atoms with Crippen molar-refractivity contribution < 1.29 is 87.5 Å². The van der Waals surface area contributed by atoms with E-state index in [1.807, 2.05) is 57.5 Å². The van der Waals surface area contributed by atoms with Crippen molar-refractivity contribution >= 4 is 129 Å². The Kier molecular flexibility index (Phi) is 40.2. The van der Waals surface area contributed by atoms with E-state index in [1.54, 1.807) is 60.7 Å². The molecule has 0 spiro atoms. The van der Waals surface area contributed by atoms with Crippen LogP contribution in [0, 0.1) is 0 Å². The van der Waals surface area contributed by atoms with Crippen LogP contribution in [-0.2, 0) is 102 Å². The Morgan fingerprint density at radius 2 is 0.785 bits per heavy atom. The Labute approximate surface area is 740 Å². The number of urea groups is 1. The summed E-state index contributed by atoms with van der Waals surface area (Å²) in [6.45, 7) is 4.67. The van der Waals surface area contributed by atoms with Gasteiger partial charge in [-0.05, 0) is 195 Å². The lowest BCUT2D eigenvalue weighted by atomic mass is 9.83. The Bertz CT molecular complexity index is 4390. The molecule has 3 amide bonds. The summed E-state index contributed by atoms with van der Waals surface area (Å²) >= 11 is 38.9. The van der Waals surface area contributed by atoms with Gasteiger partial charge in [-0.2, -0.15) is 0 Å². The van der Waals surface area contributed by atoms with Crippen molar-refractivity contribution in [1.82, 2.24) is 40.1 Å². The molecule has 0 radical (unpaired) electrons. The molecule has 3 aliphatic heterocycles. The van der Waals surface area contributed by atoms with Gasteiger partial charge in [0.05, 0.1) is 79.9 Å². The fourth-order valence-corrected chi connectivity index (χ4v) is 20.5. The van der Waals surface area contributed by atoms with E-state index in [4.69, 9.17) is 103 Å². The maximum Gasteiger partial charge on any atom is 0.329 e. The zero-order chi connectivity index (χ0) is 87.1. The fourth-order valence-electron chi connectivity index (χ4n) is 15.3. The third kappa shape index (κ3) is 31.8. The van der Waals surface area contributed by atoms with Crippen molar-refractivity contribution in [3.63, 3.8) is 0 Å². The number of amides is 3. The van der Waals surface area contributed by atoms with E-state index in [1.165, 1.54) is 12.1 Å². The molecule has 0 fully saturated rings. The molecule has 9 rings (SSSR count). The van der Waals surface area contributed by atoms with Crippen LogP contribution in [0.3, 0.4) is 0 Å². The lowest BCUT2D eigenvalue weighted by Crippen LogP contribution is -2.52. The number of Topliss-reactive ketones (excluding diaryl/α,β-unsaturated/α-hetero) is 2. The van der Waals surface area contributed by atoms with Gasteiger partial charge in [0.2, 0.25) is 26.0 Å². The SMILES string of the molecule is CN1Cc2c(Cl)cc(Cl)cc2[C@H](c2cccc(S(=O)(=O)CCCOCCOCCNC(=O)NCCC(CCCC(=O)CCCOCCOCCNS(=O)(=O)c3cccc([C@@H]4CN(C)Cc5c(Cl)cc(Cl)cc54)c3)(CCCC(=O)CCCOCCOCCNS(=O)(=O)c3cccc([C@@H]4CN(C)Cc5c(Cl)cc(Cl)cc54)c3)NC(=O)COCC(=O)O)c2)C1. The minimum atomic E-state index is -3.90. The van der Waals surface area contributed by atoms with Crippen LogP contribution in [-0.4, -0.2) is 245 Å². The second kappa shape index (κ2) is 49.2. The average Bonchev–Trinajstić information content (AvgIpc) is 0.780. The summed E-state index contributed by atoms with van der Waals surface area (Å²) in [5.41, 5.74) is 7.11. The number of ether oxygens (including phenoxy) is 7. The number of likely N-dealkylation sites (N-methyl/N-ethyl adjacent to an activating group) is 3. The lowest BCUT2D eigenvalue weighted by molar-refractivity contribution is -0.144. The highest BCUT2D eigenvalue weighted by molar-refractivity contribution is 7.91. The van der Waals surface area contributed by atoms with Crippen molar-refractivity contribution in [2.24, 2.45) is 0 Å². The predicted octanol–water partition coefficient (Wildman–Crippen LogP) is 12.2. The number of carbonyl (C=O) groups is 5. The number of sulfonamides is 2. The summed E-state index contributed by atoms with van der Waals surface area (Å²) in [4.78, 5) is 71.9. The van der Waals surface area contributed by atoms with Gasteiger partial charge in [0.25, 0.3) is 0 Å². The van der Waals surface area contributed by atoms with E-state index in [2.05, 4.69) is 40.1 Å². The average molecular weight is 1860 g/mol. The molecular weight excluding hydrogens is 1750 g/mol. The number of fused-ring (bicyclic) bond motifs is 3. The smallest absolute Gasteiger partial charge is 0.329 e. The van der Waals surface area contributed by atoms with Crippen LogP contribution in [0.15, 0.2) is 124 Å². The Morgan fingerprint density at radius 3 is 1.20 bits per heavy atom. The monoisotopic (exact) mass is 1850 g/mol. The minimum absolute atomic E-state index is 0.00900. The maximum atomic E-state index is 13.6. The van der Waals surface area contributed by atoms with Gasteiger partial charge in [-0.25, -0.2) is 44.3 Å². The van der Waals surface area contributed by atoms with Gasteiger partial charge in [0, 0.05) is 164 Å². The molecule has 0 saturated carbocycles. The number of carboxylic acids is 1. The zero-order valence-electron chi connectivity index (χ0n) is 68.4. The van der Waals surface area contributed by atoms with E-state index in [-0.39, 0.29) is 207 Å². The lowest BCUT2D eigenvalue weighted by Gasteiger charge is -2.35. The maximum absolute atomic E-state index is 13.6. The molecule has 0 aliphatic carbocycles. The van der Waals surface area contributed by atoms with Crippen LogP contribution < -0.4 is 25.4 Å². The van der Waals surface area contributed by atoms with Gasteiger partial charge in [-0.3, -0.25) is 14.4 Å². The summed E-state index contributed by atoms with van der Waals surface area (Å²) < 4.78 is 125. The normalized spacial score (nSPS) is 16.0.